The first-order chi connectivity index (χ1) is 9.52. The molecule has 0 radical (unpaired) electrons. The van der Waals surface area contributed by atoms with Crippen LogP contribution in [-0.4, -0.2) is 42.2 Å². The number of amides is 1. The van der Waals surface area contributed by atoms with Gasteiger partial charge in [0.2, 0.25) is 0 Å². The normalized spacial score (nSPS) is 14.8. The summed E-state index contributed by atoms with van der Waals surface area (Å²) in [6, 6.07) is 2.25. The van der Waals surface area contributed by atoms with Gasteiger partial charge in [-0.25, -0.2) is 0 Å². The fourth-order valence-electron chi connectivity index (χ4n) is 2.41. The smallest absolute Gasteiger partial charge is 0.270 e. The van der Waals surface area contributed by atoms with Crippen LogP contribution in [0.25, 0.3) is 0 Å². The molecule has 1 amide bonds. The molecule has 1 aliphatic carbocycles. The maximum Gasteiger partial charge on any atom is 0.270 e. The number of nitrogens with zero attached hydrogens (tertiary/aromatic N) is 2. The summed E-state index contributed by atoms with van der Waals surface area (Å²) in [6.45, 7) is 6.13. The van der Waals surface area contributed by atoms with E-state index in [0.717, 1.165) is 19.4 Å². The second kappa shape index (κ2) is 6.31. The standard InChI is InChI=1S/C15H25N3O2/c1-11(2)9-17(6-7-20-3)15(19)14-8-12(16)10-18(14)13-4-5-13/h8,10-11,13H,4-7,9,16H2,1-3H3. The lowest BCUT2D eigenvalue weighted by Crippen LogP contribution is -2.37. The molecular weight excluding hydrogens is 254 g/mol. The van der Waals surface area contributed by atoms with Crippen molar-refractivity contribution in [3.8, 4) is 0 Å². The first-order valence-corrected chi connectivity index (χ1v) is 7.28. The molecule has 0 spiro atoms. The van der Waals surface area contributed by atoms with Gasteiger partial charge in [0, 0.05) is 32.4 Å². The van der Waals surface area contributed by atoms with E-state index in [1.54, 1.807) is 13.2 Å². The van der Waals surface area contributed by atoms with E-state index in [4.69, 9.17) is 10.5 Å². The third-order valence-corrected chi connectivity index (χ3v) is 3.47. The molecule has 5 heteroatoms. The molecule has 20 heavy (non-hydrogen) atoms. The number of aromatic nitrogens is 1. The molecule has 1 aliphatic rings. The van der Waals surface area contributed by atoms with Gasteiger partial charge in [0.25, 0.3) is 5.91 Å². The number of carbonyl (C=O) groups excluding carboxylic acids is 1. The average molecular weight is 279 g/mol. The molecule has 0 unspecified atom stereocenters. The third-order valence-electron chi connectivity index (χ3n) is 3.47. The number of rotatable bonds is 7. The highest BCUT2D eigenvalue weighted by Crippen LogP contribution is 2.37. The number of hydrogen-bond acceptors (Lipinski definition) is 3. The molecule has 5 nitrogen and oxygen atoms in total. The number of anilines is 1. The average Bonchev–Trinajstić information content (AvgIpc) is 3.16. The van der Waals surface area contributed by atoms with Gasteiger partial charge in [0.15, 0.2) is 0 Å². The van der Waals surface area contributed by atoms with Crippen molar-refractivity contribution < 1.29 is 9.53 Å². The number of methoxy groups -OCH3 is 1. The van der Waals surface area contributed by atoms with E-state index < -0.39 is 0 Å². The zero-order valence-electron chi connectivity index (χ0n) is 12.6. The van der Waals surface area contributed by atoms with Crippen molar-refractivity contribution in [3.63, 3.8) is 0 Å². The number of carbonyl (C=O) groups is 1. The zero-order valence-corrected chi connectivity index (χ0v) is 12.6. The lowest BCUT2D eigenvalue weighted by molar-refractivity contribution is 0.0661. The van der Waals surface area contributed by atoms with Crippen LogP contribution in [0.15, 0.2) is 12.3 Å². The minimum atomic E-state index is 0.0550. The Morgan fingerprint density at radius 2 is 2.25 bits per heavy atom. The summed E-state index contributed by atoms with van der Waals surface area (Å²) < 4.78 is 7.15. The number of hydrogen-bond donors (Lipinski definition) is 1. The molecule has 0 saturated heterocycles. The first kappa shape index (κ1) is 14.9. The van der Waals surface area contributed by atoms with E-state index in [-0.39, 0.29) is 5.91 Å². The van der Waals surface area contributed by atoms with Crippen LogP contribution in [0.3, 0.4) is 0 Å². The van der Waals surface area contributed by atoms with Gasteiger partial charge >= 0.3 is 0 Å². The summed E-state index contributed by atoms with van der Waals surface area (Å²) in [5.74, 6) is 0.483. The van der Waals surface area contributed by atoms with Crippen molar-refractivity contribution in [2.45, 2.75) is 32.7 Å². The Hall–Kier alpha value is -1.49. The zero-order chi connectivity index (χ0) is 14.7. The topological polar surface area (TPSA) is 60.5 Å². The van der Waals surface area contributed by atoms with E-state index in [2.05, 4.69) is 13.8 Å². The Labute approximate surface area is 120 Å². The van der Waals surface area contributed by atoms with E-state index in [9.17, 15) is 4.79 Å². The van der Waals surface area contributed by atoms with Crippen molar-refractivity contribution >= 4 is 11.6 Å². The maximum absolute atomic E-state index is 12.7. The molecule has 1 aromatic heterocycles. The number of nitrogen functional groups attached to an aromatic ring is 1. The van der Waals surface area contributed by atoms with Gasteiger partial charge in [0.1, 0.15) is 5.69 Å². The second-order valence-corrected chi connectivity index (χ2v) is 5.93. The maximum atomic E-state index is 12.7. The molecule has 0 atom stereocenters. The lowest BCUT2D eigenvalue weighted by Gasteiger charge is -2.25. The van der Waals surface area contributed by atoms with Gasteiger partial charge in [-0.2, -0.15) is 0 Å². The van der Waals surface area contributed by atoms with Crippen LogP contribution in [0.5, 0.6) is 0 Å². The van der Waals surface area contributed by atoms with E-state index in [0.29, 0.717) is 36.5 Å². The van der Waals surface area contributed by atoms with Crippen molar-refractivity contribution in [2.75, 3.05) is 32.5 Å². The fourth-order valence-corrected chi connectivity index (χ4v) is 2.41. The van der Waals surface area contributed by atoms with Gasteiger partial charge in [-0.05, 0) is 24.8 Å². The number of ether oxygens (including phenoxy) is 1. The van der Waals surface area contributed by atoms with E-state index in [1.165, 1.54) is 0 Å². The molecule has 1 saturated carbocycles. The molecule has 1 heterocycles. The molecule has 0 bridgehead atoms. The van der Waals surface area contributed by atoms with Crippen LogP contribution in [0.4, 0.5) is 5.69 Å². The summed E-state index contributed by atoms with van der Waals surface area (Å²) in [4.78, 5) is 14.6. The molecule has 112 valence electrons. The Morgan fingerprint density at radius 1 is 1.55 bits per heavy atom. The van der Waals surface area contributed by atoms with Crippen molar-refractivity contribution in [1.29, 1.82) is 0 Å². The lowest BCUT2D eigenvalue weighted by atomic mass is 10.2. The predicted molar refractivity (Wildman–Crippen MR) is 79.7 cm³/mol. The molecule has 2 rings (SSSR count). The van der Waals surface area contributed by atoms with Crippen molar-refractivity contribution in [1.82, 2.24) is 9.47 Å². The van der Waals surface area contributed by atoms with Gasteiger partial charge in [-0.3, -0.25) is 4.79 Å². The van der Waals surface area contributed by atoms with Gasteiger partial charge in [-0.15, -0.1) is 0 Å². The fraction of sp³-hybridized carbons (Fsp3) is 0.667. The molecule has 0 aliphatic heterocycles. The molecule has 2 N–H and O–H groups in total. The Balaban J connectivity index is 2.17. The summed E-state index contributed by atoms with van der Waals surface area (Å²) in [7, 11) is 1.66. The highest BCUT2D eigenvalue weighted by atomic mass is 16.5. The van der Waals surface area contributed by atoms with Crippen molar-refractivity contribution in [3.05, 3.63) is 18.0 Å². The molecule has 1 fully saturated rings. The largest absolute Gasteiger partial charge is 0.397 e. The van der Waals surface area contributed by atoms with Crippen LogP contribution in [0.1, 0.15) is 43.2 Å². The van der Waals surface area contributed by atoms with Gasteiger partial charge < -0.3 is 19.9 Å². The number of nitrogens with two attached hydrogens (primary N) is 1. The summed E-state index contributed by atoms with van der Waals surface area (Å²) >= 11 is 0. The van der Waals surface area contributed by atoms with E-state index >= 15 is 0 Å². The minimum absolute atomic E-state index is 0.0550. The first-order valence-electron chi connectivity index (χ1n) is 7.28. The molecule has 1 aromatic rings. The highest BCUT2D eigenvalue weighted by molar-refractivity contribution is 5.94. The Morgan fingerprint density at radius 3 is 2.80 bits per heavy atom. The highest BCUT2D eigenvalue weighted by Gasteiger charge is 2.29. The SMILES string of the molecule is COCCN(CC(C)C)C(=O)c1cc(N)cn1C1CC1. The Kier molecular flexibility index (Phi) is 4.70. The summed E-state index contributed by atoms with van der Waals surface area (Å²) in [5.41, 5.74) is 7.24. The van der Waals surface area contributed by atoms with Gasteiger partial charge in [-0.1, -0.05) is 13.8 Å². The monoisotopic (exact) mass is 279 g/mol. The van der Waals surface area contributed by atoms with Crippen LogP contribution in [0.2, 0.25) is 0 Å². The Bertz CT molecular complexity index is 464. The molecule has 0 aromatic carbocycles. The van der Waals surface area contributed by atoms with Crippen LogP contribution in [0, 0.1) is 5.92 Å². The van der Waals surface area contributed by atoms with Crippen LogP contribution >= 0.6 is 0 Å². The van der Waals surface area contributed by atoms with E-state index in [1.807, 2.05) is 15.7 Å². The minimum Gasteiger partial charge on any atom is -0.397 e. The summed E-state index contributed by atoms with van der Waals surface area (Å²) in [6.07, 6.45) is 4.15. The van der Waals surface area contributed by atoms with Crippen LogP contribution in [-0.2, 0) is 4.74 Å². The predicted octanol–water partition coefficient (Wildman–Crippen LogP) is 2.15. The summed E-state index contributed by atoms with van der Waals surface area (Å²) in [5, 5.41) is 0. The quantitative estimate of drug-likeness (QED) is 0.832. The van der Waals surface area contributed by atoms with Crippen LogP contribution < -0.4 is 5.73 Å². The molecular formula is C15H25N3O2. The van der Waals surface area contributed by atoms with Crippen molar-refractivity contribution in [2.24, 2.45) is 5.92 Å². The van der Waals surface area contributed by atoms with Gasteiger partial charge in [0.05, 0.1) is 12.3 Å². The third kappa shape index (κ3) is 3.54. The second-order valence-electron chi connectivity index (χ2n) is 5.93.